The summed E-state index contributed by atoms with van der Waals surface area (Å²) >= 11 is 0. The molecule has 0 saturated heterocycles. The van der Waals surface area contributed by atoms with E-state index in [2.05, 4.69) is 17.0 Å². The van der Waals surface area contributed by atoms with E-state index in [0.717, 1.165) is 40.2 Å². The smallest absolute Gasteiger partial charge is 0.338 e. The second kappa shape index (κ2) is 9.39. The summed E-state index contributed by atoms with van der Waals surface area (Å²) < 4.78 is 7.41. The second-order valence-electron chi connectivity index (χ2n) is 7.41. The van der Waals surface area contributed by atoms with Crippen LogP contribution in [0.5, 0.6) is 0 Å². The molecule has 1 aromatic heterocycles. The standard InChI is InChI=1S/C24H28N4O2/c1-6-27(5)16-25-23-14-18(3)22(13-19(23)4)24(29)30-15-20-8-9-21(12-17(20)2)28-11-7-10-26-28/h7-14,16H,6,15H2,1-5H3. The first-order valence-corrected chi connectivity index (χ1v) is 10.0. The summed E-state index contributed by atoms with van der Waals surface area (Å²) in [7, 11) is 1.97. The lowest BCUT2D eigenvalue weighted by molar-refractivity contribution is 0.0471. The first kappa shape index (κ1) is 21.3. The third-order valence-electron chi connectivity index (χ3n) is 5.11. The zero-order valence-electron chi connectivity index (χ0n) is 18.2. The van der Waals surface area contributed by atoms with Gasteiger partial charge in [0.1, 0.15) is 6.61 Å². The number of hydrogen-bond donors (Lipinski definition) is 0. The van der Waals surface area contributed by atoms with Gasteiger partial charge in [0.25, 0.3) is 0 Å². The van der Waals surface area contributed by atoms with Gasteiger partial charge in [0.15, 0.2) is 0 Å². The fourth-order valence-electron chi connectivity index (χ4n) is 3.03. The Hall–Kier alpha value is -3.41. The summed E-state index contributed by atoms with van der Waals surface area (Å²) in [5.41, 5.74) is 6.21. The molecule has 6 nitrogen and oxygen atoms in total. The summed E-state index contributed by atoms with van der Waals surface area (Å²) in [6.07, 6.45) is 5.44. The van der Waals surface area contributed by atoms with E-state index in [9.17, 15) is 4.79 Å². The molecule has 0 fully saturated rings. The number of carbonyl (C=O) groups excluding carboxylic acids is 1. The normalized spacial score (nSPS) is 11.1. The SMILES string of the molecule is CCN(C)C=Nc1cc(C)c(C(=O)OCc2ccc(-n3cccn3)cc2C)cc1C. The highest BCUT2D eigenvalue weighted by molar-refractivity contribution is 5.92. The van der Waals surface area contributed by atoms with Gasteiger partial charge in [-0.3, -0.25) is 0 Å². The van der Waals surface area contributed by atoms with E-state index >= 15 is 0 Å². The third-order valence-corrected chi connectivity index (χ3v) is 5.11. The van der Waals surface area contributed by atoms with Crippen molar-refractivity contribution >= 4 is 18.0 Å². The molecule has 0 N–H and O–H groups in total. The molecule has 0 aliphatic carbocycles. The Morgan fingerprint density at radius 2 is 1.97 bits per heavy atom. The number of carbonyl (C=O) groups is 1. The van der Waals surface area contributed by atoms with E-state index in [4.69, 9.17) is 4.74 Å². The van der Waals surface area contributed by atoms with Crippen molar-refractivity contribution in [3.63, 3.8) is 0 Å². The highest BCUT2D eigenvalue weighted by atomic mass is 16.5. The number of aryl methyl sites for hydroxylation is 3. The molecule has 0 saturated carbocycles. The third kappa shape index (κ3) is 4.95. The summed E-state index contributed by atoms with van der Waals surface area (Å²) in [5, 5.41) is 4.24. The first-order valence-electron chi connectivity index (χ1n) is 10.0. The number of aliphatic imine (C=N–C) groups is 1. The van der Waals surface area contributed by atoms with Gasteiger partial charge < -0.3 is 9.64 Å². The molecule has 0 radical (unpaired) electrons. The molecule has 0 spiro atoms. The molecule has 156 valence electrons. The Kier molecular flexibility index (Phi) is 6.67. The van der Waals surface area contributed by atoms with Crippen molar-refractivity contribution in [2.45, 2.75) is 34.3 Å². The van der Waals surface area contributed by atoms with Gasteiger partial charge in [0.05, 0.1) is 23.3 Å². The molecule has 1 heterocycles. The van der Waals surface area contributed by atoms with Crippen molar-refractivity contribution in [2.24, 2.45) is 4.99 Å². The number of nitrogens with zero attached hydrogens (tertiary/aromatic N) is 4. The average molecular weight is 405 g/mol. The van der Waals surface area contributed by atoms with Crippen LogP contribution in [0.1, 0.15) is 39.5 Å². The molecule has 30 heavy (non-hydrogen) atoms. The Bertz CT molecular complexity index is 1060. The maximum absolute atomic E-state index is 12.7. The van der Waals surface area contributed by atoms with Crippen molar-refractivity contribution in [1.29, 1.82) is 0 Å². The van der Waals surface area contributed by atoms with E-state index in [1.807, 2.05) is 75.3 Å². The fourth-order valence-corrected chi connectivity index (χ4v) is 3.03. The predicted molar refractivity (Wildman–Crippen MR) is 120 cm³/mol. The van der Waals surface area contributed by atoms with Gasteiger partial charge in [-0.05, 0) is 80.3 Å². The maximum atomic E-state index is 12.7. The predicted octanol–water partition coefficient (Wildman–Crippen LogP) is 4.77. The number of hydrogen-bond acceptors (Lipinski definition) is 4. The minimum absolute atomic E-state index is 0.226. The fraction of sp³-hybridized carbons (Fsp3) is 0.292. The lowest BCUT2D eigenvalue weighted by Crippen LogP contribution is -2.14. The van der Waals surface area contributed by atoms with Crippen LogP contribution in [0.2, 0.25) is 0 Å². The molecule has 0 unspecified atom stereocenters. The zero-order valence-corrected chi connectivity index (χ0v) is 18.2. The van der Waals surface area contributed by atoms with E-state index < -0.39 is 0 Å². The Balaban J connectivity index is 1.70. The second-order valence-corrected chi connectivity index (χ2v) is 7.41. The van der Waals surface area contributed by atoms with E-state index in [-0.39, 0.29) is 12.6 Å². The maximum Gasteiger partial charge on any atom is 0.338 e. The molecule has 0 aliphatic rings. The van der Waals surface area contributed by atoms with Crippen LogP contribution in [-0.2, 0) is 11.3 Å². The lowest BCUT2D eigenvalue weighted by Gasteiger charge is -2.13. The Morgan fingerprint density at radius 3 is 2.63 bits per heavy atom. The first-order chi connectivity index (χ1) is 14.4. The minimum Gasteiger partial charge on any atom is -0.457 e. The summed E-state index contributed by atoms with van der Waals surface area (Å²) in [6, 6.07) is 11.6. The molecule has 0 atom stereocenters. The average Bonchev–Trinajstić information content (AvgIpc) is 3.27. The molecular formula is C24H28N4O2. The Morgan fingerprint density at radius 1 is 1.17 bits per heavy atom. The van der Waals surface area contributed by atoms with Crippen molar-refractivity contribution in [2.75, 3.05) is 13.6 Å². The van der Waals surface area contributed by atoms with Crippen LogP contribution in [0.3, 0.4) is 0 Å². The van der Waals surface area contributed by atoms with Gasteiger partial charge in [-0.15, -0.1) is 0 Å². The summed E-state index contributed by atoms with van der Waals surface area (Å²) in [5.74, 6) is -0.327. The molecule has 0 amide bonds. The number of ether oxygens (including phenoxy) is 1. The van der Waals surface area contributed by atoms with Crippen LogP contribution in [0, 0.1) is 20.8 Å². The van der Waals surface area contributed by atoms with Crippen molar-refractivity contribution in [3.8, 4) is 5.69 Å². The van der Waals surface area contributed by atoms with Crippen LogP contribution in [0.4, 0.5) is 5.69 Å². The van der Waals surface area contributed by atoms with Gasteiger partial charge in [0.2, 0.25) is 0 Å². The molecule has 6 heteroatoms. The zero-order chi connectivity index (χ0) is 21.7. The van der Waals surface area contributed by atoms with Gasteiger partial charge in [0, 0.05) is 26.0 Å². The van der Waals surface area contributed by atoms with E-state index in [1.165, 1.54) is 0 Å². The number of rotatable bonds is 7. The van der Waals surface area contributed by atoms with E-state index in [0.29, 0.717) is 5.56 Å². The number of benzene rings is 2. The summed E-state index contributed by atoms with van der Waals surface area (Å²) in [4.78, 5) is 19.2. The Labute approximate surface area is 177 Å². The molecule has 0 bridgehead atoms. The minimum atomic E-state index is -0.327. The van der Waals surface area contributed by atoms with Crippen molar-refractivity contribution in [3.05, 3.63) is 76.6 Å². The van der Waals surface area contributed by atoms with Crippen LogP contribution < -0.4 is 0 Å². The molecule has 3 rings (SSSR count). The highest BCUT2D eigenvalue weighted by Gasteiger charge is 2.14. The van der Waals surface area contributed by atoms with Crippen LogP contribution >= 0.6 is 0 Å². The number of esters is 1. The quantitative estimate of drug-likeness (QED) is 0.323. The summed E-state index contributed by atoms with van der Waals surface area (Å²) in [6.45, 7) is 9.04. The van der Waals surface area contributed by atoms with Crippen molar-refractivity contribution < 1.29 is 9.53 Å². The molecule has 3 aromatic rings. The van der Waals surface area contributed by atoms with Gasteiger partial charge in [-0.25, -0.2) is 14.5 Å². The largest absolute Gasteiger partial charge is 0.457 e. The van der Waals surface area contributed by atoms with Gasteiger partial charge in [-0.2, -0.15) is 5.10 Å². The topological polar surface area (TPSA) is 59.7 Å². The van der Waals surface area contributed by atoms with Crippen LogP contribution in [0.15, 0.2) is 53.8 Å². The molecular weight excluding hydrogens is 376 g/mol. The lowest BCUT2D eigenvalue weighted by atomic mass is 10.0. The van der Waals surface area contributed by atoms with Gasteiger partial charge >= 0.3 is 5.97 Å². The molecule has 0 aliphatic heterocycles. The highest BCUT2D eigenvalue weighted by Crippen LogP contribution is 2.24. The van der Waals surface area contributed by atoms with Crippen LogP contribution in [-0.4, -0.2) is 40.6 Å². The van der Waals surface area contributed by atoms with Crippen LogP contribution in [0.25, 0.3) is 5.69 Å². The number of aromatic nitrogens is 2. The monoisotopic (exact) mass is 404 g/mol. The van der Waals surface area contributed by atoms with E-state index in [1.54, 1.807) is 17.2 Å². The van der Waals surface area contributed by atoms with Gasteiger partial charge in [-0.1, -0.05) is 6.07 Å². The van der Waals surface area contributed by atoms with Crippen molar-refractivity contribution in [1.82, 2.24) is 14.7 Å². The molecule has 2 aromatic carbocycles.